The largest absolute Gasteiger partial charge is 0.454 e. The van der Waals surface area contributed by atoms with Crippen LogP contribution >= 0.6 is 0 Å². The van der Waals surface area contributed by atoms with E-state index < -0.39 is 10.0 Å². The lowest BCUT2D eigenvalue weighted by molar-refractivity contribution is 0.174. The molecule has 1 fully saturated rings. The Morgan fingerprint density at radius 1 is 1.00 bits per heavy atom. The molecule has 2 aliphatic heterocycles. The standard InChI is InChI=1S/C23H25N3O5S/c1-14-9-15(2)21(16(3)10-14)32(27,28)26-8-4-5-18(12-26)23-25-24-22(31-23)17-6-7-19-20(11-17)30-13-29-19/h6-7,9-11,18H,4-5,8,12-13H2,1-3H3. The highest BCUT2D eigenvalue weighted by Gasteiger charge is 2.35. The molecule has 0 radical (unpaired) electrons. The van der Waals surface area contributed by atoms with Crippen LogP contribution in [0.5, 0.6) is 11.5 Å². The molecule has 0 spiro atoms. The summed E-state index contributed by atoms with van der Waals surface area (Å²) in [6.07, 6.45) is 1.52. The quantitative estimate of drug-likeness (QED) is 0.588. The molecule has 32 heavy (non-hydrogen) atoms. The number of sulfonamides is 1. The van der Waals surface area contributed by atoms with Crippen LogP contribution in [0.2, 0.25) is 0 Å². The number of piperidine rings is 1. The van der Waals surface area contributed by atoms with E-state index in [1.165, 1.54) is 0 Å². The van der Waals surface area contributed by atoms with Gasteiger partial charge in [0.25, 0.3) is 0 Å². The summed E-state index contributed by atoms with van der Waals surface area (Å²) < 4.78 is 45.2. The van der Waals surface area contributed by atoms with Crippen molar-refractivity contribution in [3.63, 3.8) is 0 Å². The van der Waals surface area contributed by atoms with Gasteiger partial charge in [-0.15, -0.1) is 10.2 Å². The van der Waals surface area contributed by atoms with Gasteiger partial charge in [0.2, 0.25) is 28.6 Å². The predicted molar refractivity (Wildman–Crippen MR) is 117 cm³/mol. The minimum atomic E-state index is -3.62. The second-order valence-corrected chi connectivity index (χ2v) is 10.3. The molecule has 0 saturated carbocycles. The van der Waals surface area contributed by atoms with Crippen molar-refractivity contribution in [1.29, 1.82) is 0 Å². The fraction of sp³-hybridized carbons (Fsp3) is 0.391. The third-order valence-corrected chi connectivity index (χ3v) is 8.17. The molecule has 5 rings (SSSR count). The lowest BCUT2D eigenvalue weighted by Gasteiger charge is -2.31. The van der Waals surface area contributed by atoms with Gasteiger partial charge in [-0.2, -0.15) is 4.31 Å². The van der Waals surface area contributed by atoms with E-state index in [0.29, 0.717) is 41.3 Å². The van der Waals surface area contributed by atoms with Crippen molar-refractivity contribution in [3.05, 3.63) is 52.9 Å². The number of rotatable bonds is 4. The Kier molecular flexibility index (Phi) is 5.17. The number of fused-ring (bicyclic) bond motifs is 1. The molecular weight excluding hydrogens is 430 g/mol. The number of aryl methyl sites for hydroxylation is 3. The molecule has 2 aromatic carbocycles. The topological polar surface area (TPSA) is 94.8 Å². The van der Waals surface area contributed by atoms with Gasteiger partial charge in [-0.3, -0.25) is 0 Å². The number of hydrogen-bond donors (Lipinski definition) is 0. The predicted octanol–water partition coefficient (Wildman–Crippen LogP) is 3.96. The van der Waals surface area contributed by atoms with Gasteiger partial charge in [0, 0.05) is 18.7 Å². The van der Waals surface area contributed by atoms with Crippen molar-refractivity contribution in [2.75, 3.05) is 19.9 Å². The molecule has 168 valence electrons. The van der Waals surface area contributed by atoms with E-state index in [1.807, 2.05) is 45.0 Å². The number of benzene rings is 2. The van der Waals surface area contributed by atoms with Crippen LogP contribution in [-0.4, -0.2) is 42.8 Å². The summed E-state index contributed by atoms with van der Waals surface area (Å²) in [6, 6.07) is 9.28. The minimum Gasteiger partial charge on any atom is -0.454 e. The summed E-state index contributed by atoms with van der Waals surface area (Å²) in [4.78, 5) is 0.398. The van der Waals surface area contributed by atoms with Gasteiger partial charge in [-0.1, -0.05) is 17.7 Å². The van der Waals surface area contributed by atoms with E-state index in [2.05, 4.69) is 10.2 Å². The summed E-state index contributed by atoms with van der Waals surface area (Å²) in [5.74, 6) is 2.00. The van der Waals surface area contributed by atoms with Crippen molar-refractivity contribution in [2.24, 2.45) is 0 Å². The lowest BCUT2D eigenvalue weighted by atomic mass is 10.00. The summed E-state index contributed by atoms with van der Waals surface area (Å²) >= 11 is 0. The van der Waals surface area contributed by atoms with Gasteiger partial charge < -0.3 is 13.9 Å². The van der Waals surface area contributed by atoms with E-state index in [-0.39, 0.29) is 12.7 Å². The average molecular weight is 456 g/mol. The summed E-state index contributed by atoms with van der Waals surface area (Å²) in [5, 5.41) is 8.42. The molecule has 1 aromatic heterocycles. The van der Waals surface area contributed by atoms with Crippen molar-refractivity contribution in [1.82, 2.24) is 14.5 Å². The van der Waals surface area contributed by atoms with Crippen LogP contribution < -0.4 is 9.47 Å². The smallest absolute Gasteiger partial charge is 0.247 e. The molecule has 3 aromatic rings. The first-order chi connectivity index (χ1) is 15.3. The molecule has 0 bridgehead atoms. The van der Waals surface area contributed by atoms with Crippen LogP contribution in [0.3, 0.4) is 0 Å². The van der Waals surface area contributed by atoms with E-state index in [1.54, 1.807) is 10.4 Å². The molecule has 1 unspecified atom stereocenters. The molecule has 3 heterocycles. The Balaban J connectivity index is 1.39. The van der Waals surface area contributed by atoms with Crippen molar-refractivity contribution < 1.29 is 22.3 Å². The molecule has 0 amide bonds. The molecule has 0 aliphatic carbocycles. The zero-order valence-corrected chi connectivity index (χ0v) is 19.1. The van der Waals surface area contributed by atoms with Gasteiger partial charge in [-0.25, -0.2) is 8.42 Å². The fourth-order valence-electron chi connectivity index (χ4n) is 4.61. The number of hydrogen-bond acceptors (Lipinski definition) is 7. The first-order valence-electron chi connectivity index (χ1n) is 10.6. The van der Waals surface area contributed by atoms with Gasteiger partial charge in [0.15, 0.2) is 11.5 Å². The van der Waals surface area contributed by atoms with Crippen molar-refractivity contribution in [3.8, 4) is 23.0 Å². The highest BCUT2D eigenvalue weighted by molar-refractivity contribution is 7.89. The van der Waals surface area contributed by atoms with Crippen LogP contribution in [0, 0.1) is 20.8 Å². The lowest BCUT2D eigenvalue weighted by Crippen LogP contribution is -2.39. The summed E-state index contributed by atoms with van der Waals surface area (Å²) in [7, 11) is -3.62. The van der Waals surface area contributed by atoms with Gasteiger partial charge in [0.1, 0.15) is 0 Å². The Morgan fingerprint density at radius 3 is 2.53 bits per heavy atom. The Labute approximate surface area is 187 Å². The SMILES string of the molecule is Cc1cc(C)c(S(=O)(=O)N2CCCC(c3nnc(-c4ccc5c(c4)OCO5)o3)C2)c(C)c1. The third kappa shape index (κ3) is 3.65. The normalized spacial score (nSPS) is 18.8. The number of ether oxygens (including phenoxy) is 2. The first kappa shape index (κ1) is 21.0. The molecule has 8 nitrogen and oxygen atoms in total. The maximum atomic E-state index is 13.5. The fourth-order valence-corrected chi connectivity index (χ4v) is 6.55. The van der Waals surface area contributed by atoms with Gasteiger partial charge in [-0.05, 0) is 62.9 Å². The zero-order chi connectivity index (χ0) is 22.5. The Bertz CT molecular complexity index is 1260. The Hall–Kier alpha value is -2.91. The van der Waals surface area contributed by atoms with Gasteiger partial charge in [0.05, 0.1) is 10.8 Å². The molecular formula is C23H25N3O5S. The zero-order valence-electron chi connectivity index (χ0n) is 18.3. The third-order valence-electron chi connectivity index (χ3n) is 6.00. The number of nitrogens with zero attached hydrogens (tertiary/aromatic N) is 3. The maximum absolute atomic E-state index is 13.5. The second-order valence-electron chi connectivity index (χ2n) is 8.44. The molecule has 0 N–H and O–H groups in total. The van der Waals surface area contributed by atoms with E-state index in [0.717, 1.165) is 35.1 Å². The van der Waals surface area contributed by atoms with Crippen molar-refractivity contribution in [2.45, 2.75) is 44.4 Å². The minimum absolute atomic E-state index is 0.153. The molecule has 1 saturated heterocycles. The highest BCUT2D eigenvalue weighted by atomic mass is 32.2. The molecule has 2 aliphatic rings. The maximum Gasteiger partial charge on any atom is 0.247 e. The van der Waals surface area contributed by atoms with Gasteiger partial charge >= 0.3 is 0 Å². The van der Waals surface area contributed by atoms with Crippen LogP contribution in [0.15, 0.2) is 39.6 Å². The van der Waals surface area contributed by atoms with E-state index in [9.17, 15) is 8.42 Å². The monoisotopic (exact) mass is 455 g/mol. The van der Waals surface area contributed by atoms with Crippen LogP contribution in [-0.2, 0) is 10.0 Å². The second kappa shape index (κ2) is 7.90. The average Bonchev–Trinajstić information content (AvgIpc) is 3.42. The molecule has 1 atom stereocenters. The van der Waals surface area contributed by atoms with E-state index >= 15 is 0 Å². The first-order valence-corrected chi connectivity index (χ1v) is 12.1. The van der Waals surface area contributed by atoms with E-state index in [4.69, 9.17) is 13.9 Å². The van der Waals surface area contributed by atoms with Crippen LogP contribution in [0.1, 0.15) is 41.3 Å². The Morgan fingerprint density at radius 2 is 1.75 bits per heavy atom. The highest BCUT2D eigenvalue weighted by Crippen LogP contribution is 2.37. The molecule has 9 heteroatoms. The van der Waals surface area contributed by atoms with Crippen molar-refractivity contribution >= 4 is 10.0 Å². The van der Waals surface area contributed by atoms with Crippen LogP contribution in [0.4, 0.5) is 0 Å². The summed E-state index contributed by atoms with van der Waals surface area (Å²) in [5.41, 5.74) is 3.33. The van der Waals surface area contributed by atoms with Crippen LogP contribution in [0.25, 0.3) is 11.5 Å². The number of aromatic nitrogens is 2. The summed E-state index contributed by atoms with van der Waals surface area (Å²) in [6.45, 7) is 6.67.